The highest BCUT2D eigenvalue weighted by molar-refractivity contribution is 6.23. The number of rotatable bonds is 0. The van der Waals surface area contributed by atoms with Gasteiger partial charge in [-0.3, -0.25) is 5.32 Å². The first-order valence-electron chi connectivity index (χ1n) is 2.54. The Hall–Kier alpha value is 0.500. The Morgan fingerprint density at radius 2 is 1.62 bits per heavy atom. The molecule has 1 saturated heterocycles. The Labute approximate surface area is 58.5 Å². The van der Waals surface area contributed by atoms with Gasteiger partial charge in [0.05, 0.1) is 11.0 Å². The van der Waals surface area contributed by atoms with Gasteiger partial charge in [0.2, 0.25) is 0 Å². The van der Waals surface area contributed by atoms with Crippen molar-refractivity contribution in [3.8, 4) is 0 Å². The number of nitrogens with one attached hydrogen (secondary N) is 2. The molecule has 0 aliphatic carbocycles. The second kappa shape index (κ2) is 2.87. The van der Waals surface area contributed by atoms with Crippen molar-refractivity contribution in [2.75, 3.05) is 13.1 Å². The van der Waals surface area contributed by atoms with E-state index in [1.54, 1.807) is 0 Å². The molecule has 1 fully saturated rings. The third-order valence-electron chi connectivity index (χ3n) is 1.01. The predicted molar refractivity (Wildman–Crippen MR) is 35.3 cm³/mol. The van der Waals surface area contributed by atoms with Crippen molar-refractivity contribution >= 4 is 23.2 Å². The first-order valence-corrected chi connectivity index (χ1v) is 3.41. The summed E-state index contributed by atoms with van der Waals surface area (Å²) in [5, 5.41) is 6.01. The minimum absolute atomic E-state index is 0.00810. The first kappa shape index (κ1) is 6.62. The van der Waals surface area contributed by atoms with Gasteiger partial charge in [-0.25, -0.2) is 0 Å². The van der Waals surface area contributed by atoms with Gasteiger partial charge in [-0.15, -0.1) is 23.2 Å². The summed E-state index contributed by atoms with van der Waals surface area (Å²) in [5.41, 5.74) is -0.0162. The van der Waals surface area contributed by atoms with E-state index in [-0.39, 0.29) is 11.0 Å². The molecule has 2 N–H and O–H groups in total. The molecule has 1 heterocycles. The molecule has 48 valence electrons. The molecule has 2 nitrogen and oxygen atoms in total. The van der Waals surface area contributed by atoms with Crippen LogP contribution in [0.1, 0.15) is 0 Å². The molecule has 0 saturated carbocycles. The maximum atomic E-state index is 5.65. The molecule has 0 aromatic heterocycles. The second-order valence-electron chi connectivity index (χ2n) is 1.76. The molecule has 1 rings (SSSR count). The van der Waals surface area contributed by atoms with Crippen molar-refractivity contribution in [3.63, 3.8) is 0 Å². The molecule has 0 aromatic rings. The average Bonchev–Trinajstić information content (AvgIpc) is 1.64. The van der Waals surface area contributed by atoms with E-state index in [1.165, 1.54) is 0 Å². The highest BCUT2D eigenvalue weighted by atomic mass is 35.5. The Balaban J connectivity index is 2.23. The SMILES string of the molecule is Cl[C@@H]1CNC[C@H](Cl)N1. The molecule has 0 unspecified atom stereocenters. The molecule has 0 spiro atoms. The number of hydrogen-bond donors (Lipinski definition) is 2. The van der Waals surface area contributed by atoms with Crippen molar-refractivity contribution in [2.45, 2.75) is 11.0 Å². The molecule has 2 atom stereocenters. The number of piperazine rings is 1. The smallest absolute Gasteiger partial charge is 0.0963 e. The van der Waals surface area contributed by atoms with Crippen LogP contribution in [0.3, 0.4) is 0 Å². The molecule has 8 heavy (non-hydrogen) atoms. The number of alkyl halides is 2. The van der Waals surface area contributed by atoms with E-state index in [0.717, 1.165) is 13.1 Å². The van der Waals surface area contributed by atoms with Crippen LogP contribution in [0.15, 0.2) is 0 Å². The lowest BCUT2D eigenvalue weighted by molar-refractivity contribution is 0.471. The van der Waals surface area contributed by atoms with Gasteiger partial charge in [-0.1, -0.05) is 0 Å². The normalized spacial score (nSPS) is 39.8. The zero-order chi connectivity index (χ0) is 5.98. The average molecular weight is 155 g/mol. The summed E-state index contributed by atoms with van der Waals surface area (Å²) >= 11 is 11.3. The summed E-state index contributed by atoms with van der Waals surface area (Å²) in [6.45, 7) is 1.59. The van der Waals surface area contributed by atoms with Crippen molar-refractivity contribution in [3.05, 3.63) is 0 Å². The molecule has 0 radical (unpaired) electrons. The van der Waals surface area contributed by atoms with E-state index in [1.807, 2.05) is 0 Å². The van der Waals surface area contributed by atoms with Gasteiger partial charge in [-0.2, -0.15) is 0 Å². The predicted octanol–water partition coefficient (Wildman–Crippen LogP) is 0.309. The molecule has 0 bridgehead atoms. The van der Waals surface area contributed by atoms with Crippen LogP contribution in [-0.4, -0.2) is 24.1 Å². The first-order chi connectivity index (χ1) is 3.79. The minimum Gasteiger partial charge on any atom is -0.311 e. The van der Waals surface area contributed by atoms with Crippen LogP contribution in [0, 0.1) is 0 Å². The van der Waals surface area contributed by atoms with Crippen molar-refractivity contribution < 1.29 is 0 Å². The third kappa shape index (κ3) is 1.78. The quantitative estimate of drug-likeness (QED) is 0.388. The van der Waals surface area contributed by atoms with Gasteiger partial charge in [0.15, 0.2) is 0 Å². The standard InChI is InChI=1S/C4H8Cl2N2/c5-3-1-7-2-4(6)8-3/h3-4,7-8H,1-2H2/t3-,4+. The van der Waals surface area contributed by atoms with E-state index in [9.17, 15) is 0 Å². The fourth-order valence-corrected chi connectivity index (χ4v) is 1.24. The molecular formula is C4H8Cl2N2. The summed E-state index contributed by atoms with van der Waals surface area (Å²) in [6, 6.07) is 0. The van der Waals surface area contributed by atoms with Gasteiger partial charge in [0, 0.05) is 13.1 Å². The number of halogens is 2. The lowest BCUT2D eigenvalue weighted by Gasteiger charge is -2.23. The van der Waals surface area contributed by atoms with Crippen molar-refractivity contribution in [1.29, 1.82) is 0 Å². The van der Waals surface area contributed by atoms with Crippen molar-refractivity contribution in [2.24, 2.45) is 0 Å². The largest absolute Gasteiger partial charge is 0.311 e. The molecule has 1 aliphatic rings. The fraction of sp³-hybridized carbons (Fsp3) is 1.00. The van der Waals surface area contributed by atoms with E-state index < -0.39 is 0 Å². The maximum absolute atomic E-state index is 5.65. The van der Waals surface area contributed by atoms with Gasteiger partial charge in [0.25, 0.3) is 0 Å². The van der Waals surface area contributed by atoms with E-state index >= 15 is 0 Å². The zero-order valence-electron chi connectivity index (χ0n) is 4.32. The Morgan fingerprint density at radius 3 is 1.88 bits per heavy atom. The maximum Gasteiger partial charge on any atom is 0.0963 e. The lowest BCUT2D eigenvalue weighted by Crippen LogP contribution is -2.49. The zero-order valence-corrected chi connectivity index (χ0v) is 5.84. The highest BCUT2D eigenvalue weighted by Crippen LogP contribution is 2.00. The van der Waals surface area contributed by atoms with Crippen LogP contribution in [0.5, 0.6) is 0 Å². The van der Waals surface area contributed by atoms with E-state index in [4.69, 9.17) is 23.2 Å². The number of hydrogen-bond acceptors (Lipinski definition) is 2. The van der Waals surface area contributed by atoms with Gasteiger partial charge < -0.3 is 5.32 Å². The topological polar surface area (TPSA) is 24.1 Å². The second-order valence-corrected chi connectivity index (χ2v) is 2.81. The molecule has 0 amide bonds. The van der Waals surface area contributed by atoms with Gasteiger partial charge in [-0.05, 0) is 0 Å². The van der Waals surface area contributed by atoms with Crippen LogP contribution in [0.2, 0.25) is 0 Å². The minimum atomic E-state index is -0.00810. The molecule has 4 heteroatoms. The Kier molecular flexibility index (Phi) is 2.38. The summed E-state index contributed by atoms with van der Waals surface area (Å²) < 4.78 is 0. The van der Waals surface area contributed by atoms with Crippen LogP contribution in [0.4, 0.5) is 0 Å². The Bertz CT molecular complexity index is 70.4. The molecule has 1 aliphatic heterocycles. The highest BCUT2D eigenvalue weighted by Gasteiger charge is 2.14. The van der Waals surface area contributed by atoms with E-state index in [0.29, 0.717) is 0 Å². The summed E-state index contributed by atoms with van der Waals surface area (Å²) in [7, 11) is 0. The van der Waals surface area contributed by atoms with Crippen LogP contribution >= 0.6 is 23.2 Å². The van der Waals surface area contributed by atoms with Crippen LogP contribution in [-0.2, 0) is 0 Å². The summed E-state index contributed by atoms with van der Waals surface area (Å²) in [4.78, 5) is 0. The van der Waals surface area contributed by atoms with Crippen molar-refractivity contribution in [1.82, 2.24) is 10.6 Å². The van der Waals surface area contributed by atoms with E-state index in [2.05, 4.69) is 10.6 Å². The fourth-order valence-electron chi connectivity index (χ4n) is 0.651. The van der Waals surface area contributed by atoms with Crippen LogP contribution in [0.25, 0.3) is 0 Å². The monoisotopic (exact) mass is 154 g/mol. The third-order valence-corrected chi connectivity index (χ3v) is 1.57. The Morgan fingerprint density at radius 1 is 1.12 bits per heavy atom. The molecular weight excluding hydrogens is 147 g/mol. The summed E-state index contributed by atoms with van der Waals surface area (Å²) in [5.74, 6) is 0. The summed E-state index contributed by atoms with van der Waals surface area (Å²) in [6.07, 6.45) is 0. The van der Waals surface area contributed by atoms with Crippen LogP contribution < -0.4 is 10.6 Å². The lowest BCUT2D eigenvalue weighted by atomic mass is 10.4. The van der Waals surface area contributed by atoms with Gasteiger partial charge in [0.1, 0.15) is 0 Å². The van der Waals surface area contributed by atoms with Gasteiger partial charge >= 0.3 is 0 Å². The molecule has 0 aromatic carbocycles.